The first-order valence-corrected chi connectivity index (χ1v) is 10.5. The number of rotatable bonds is 4. The average molecular weight is 399 g/mol. The monoisotopic (exact) mass is 398 g/mol. The molecule has 0 saturated heterocycles. The van der Waals surface area contributed by atoms with Crippen LogP contribution in [-0.4, -0.2) is 17.0 Å². The molecule has 3 aromatic rings. The molecule has 2 aromatic carbocycles. The van der Waals surface area contributed by atoms with Crippen molar-refractivity contribution in [3.63, 3.8) is 0 Å². The molecule has 1 saturated carbocycles. The summed E-state index contributed by atoms with van der Waals surface area (Å²) in [6.07, 6.45) is 4.42. The van der Waals surface area contributed by atoms with Gasteiger partial charge >= 0.3 is 6.03 Å². The van der Waals surface area contributed by atoms with E-state index in [9.17, 15) is 4.79 Å². The van der Waals surface area contributed by atoms with E-state index >= 15 is 0 Å². The third-order valence-electron chi connectivity index (χ3n) is 5.41. The van der Waals surface area contributed by atoms with E-state index < -0.39 is 0 Å². The predicted molar refractivity (Wildman–Crippen MR) is 119 cm³/mol. The molecule has 1 aromatic heterocycles. The number of hydrogen-bond donors (Lipinski definition) is 1. The average Bonchev–Trinajstić information content (AvgIpc) is 3.44. The number of amides is 2. The molecule has 0 aliphatic heterocycles. The number of aryl methyl sites for hydroxylation is 1. The second-order valence-electron chi connectivity index (χ2n) is 7.70. The van der Waals surface area contributed by atoms with Gasteiger partial charge in [-0.15, -0.1) is 0 Å². The summed E-state index contributed by atoms with van der Waals surface area (Å²) >= 11 is 0. The Hall–Kier alpha value is -3.45. The molecule has 4 nitrogen and oxygen atoms in total. The Kier molecular flexibility index (Phi) is 6.20. The van der Waals surface area contributed by atoms with Crippen molar-refractivity contribution in [3.8, 4) is 11.8 Å². The first-order chi connectivity index (χ1) is 14.7. The van der Waals surface area contributed by atoms with Crippen LogP contribution in [-0.2, 0) is 6.54 Å². The highest BCUT2D eigenvalue weighted by Crippen LogP contribution is 2.26. The summed E-state index contributed by atoms with van der Waals surface area (Å²) < 4.78 is 5.72. The molecule has 0 spiro atoms. The van der Waals surface area contributed by atoms with Crippen LogP contribution in [0.25, 0.3) is 0 Å². The van der Waals surface area contributed by atoms with Gasteiger partial charge in [-0.2, -0.15) is 0 Å². The van der Waals surface area contributed by atoms with Crippen molar-refractivity contribution in [2.75, 3.05) is 5.32 Å². The topological polar surface area (TPSA) is 45.5 Å². The Morgan fingerprint density at radius 2 is 1.63 bits per heavy atom. The van der Waals surface area contributed by atoms with Crippen LogP contribution in [0.2, 0.25) is 0 Å². The van der Waals surface area contributed by atoms with Gasteiger partial charge in [0.25, 0.3) is 0 Å². The molecular formula is C26H26N2O2. The molecule has 1 fully saturated rings. The molecule has 0 bridgehead atoms. The van der Waals surface area contributed by atoms with Gasteiger partial charge in [-0.3, -0.25) is 0 Å². The molecule has 1 aliphatic carbocycles. The Labute approximate surface area is 177 Å². The van der Waals surface area contributed by atoms with Crippen LogP contribution in [0.1, 0.15) is 48.3 Å². The number of nitrogens with zero attached hydrogens (tertiary/aromatic N) is 1. The second kappa shape index (κ2) is 9.37. The number of hydrogen-bond acceptors (Lipinski definition) is 2. The van der Waals surface area contributed by atoms with Crippen molar-refractivity contribution in [3.05, 3.63) is 89.4 Å². The summed E-state index contributed by atoms with van der Waals surface area (Å²) in [6, 6.07) is 21.6. The molecule has 0 unspecified atom stereocenters. The van der Waals surface area contributed by atoms with Crippen LogP contribution >= 0.6 is 0 Å². The standard InChI is InChI=1S/C26H26N2O2/c1-20-11-18-25(30-20)19-28(24-9-5-6-10-24)26(29)27-23-16-14-22(15-17-23)13-12-21-7-3-2-4-8-21/h2-4,7-8,11,14-18,24H,5-6,9-10,19H2,1H3,(H,27,29). The van der Waals surface area contributed by atoms with Crippen LogP contribution in [0.3, 0.4) is 0 Å². The summed E-state index contributed by atoms with van der Waals surface area (Å²) in [4.78, 5) is 15.0. The highest BCUT2D eigenvalue weighted by molar-refractivity contribution is 5.89. The molecule has 152 valence electrons. The maximum Gasteiger partial charge on any atom is 0.322 e. The van der Waals surface area contributed by atoms with Gasteiger partial charge in [0.05, 0.1) is 6.54 Å². The quantitative estimate of drug-likeness (QED) is 0.551. The van der Waals surface area contributed by atoms with E-state index in [1.165, 1.54) is 12.8 Å². The van der Waals surface area contributed by atoms with E-state index in [4.69, 9.17) is 4.42 Å². The van der Waals surface area contributed by atoms with Gasteiger partial charge in [-0.05, 0) is 68.3 Å². The highest BCUT2D eigenvalue weighted by Gasteiger charge is 2.27. The van der Waals surface area contributed by atoms with Crippen molar-refractivity contribution in [1.82, 2.24) is 4.90 Å². The van der Waals surface area contributed by atoms with Crippen LogP contribution in [0.5, 0.6) is 0 Å². The maximum absolute atomic E-state index is 13.1. The van der Waals surface area contributed by atoms with Gasteiger partial charge in [0.1, 0.15) is 11.5 Å². The molecule has 1 aliphatic rings. The van der Waals surface area contributed by atoms with Crippen LogP contribution in [0.4, 0.5) is 10.5 Å². The van der Waals surface area contributed by atoms with Crippen molar-refractivity contribution >= 4 is 11.7 Å². The van der Waals surface area contributed by atoms with Crippen molar-refractivity contribution in [2.45, 2.75) is 45.2 Å². The summed E-state index contributed by atoms with van der Waals surface area (Å²) in [7, 11) is 0. The van der Waals surface area contributed by atoms with Crippen LogP contribution in [0, 0.1) is 18.8 Å². The molecule has 1 N–H and O–H groups in total. The minimum atomic E-state index is -0.0842. The third kappa shape index (κ3) is 5.12. The van der Waals surface area contributed by atoms with Crippen molar-refractivity contribution in [1.29, 1.82) is 0 Å². The molecule has 2 amide bonds. The fourth-order valence-electron chi connectivity index (χ4n) is 3.82. The zero-order valence-electron chi connectivity index (χ0n) is 17.2. The normalized spacial score (nSPS) is 13.5. The summed E-state index contributed by atoms with van der Waals surface area (Å²) in [5.41, 5.74) is 2.66. The van der Waals surface area contributed by atoms with E-state index in [0.29, 0.717) is 6.54 Å². The van der Waals surface area contributed by atoms with Gasteiger partial charge in [0.2, 0.25) is 0 Å². The minimum Gasteiger partial charge on any atom is -0.464 e. The van der Waals surface area contributed by atoms with Gasteiger partial charge in [0.15, 0.2) is 0 Å². The number of carbonyl (C=O) groups is 1. The van der Waals surface area contributed by atoms with E-state index in [1.807, 2.05) is 78.6 Å². The molecule has 30 heavy (non-hydrogen) atoms. The lowest BCUT2D eigenvalue weighted by atomic mass is 10.1. The molecule has 0 atom stereocenters. The summed E-state index contributed by atoms with van der Waals surface area (Å²) in [5.74, 6) is 7.99. The van der Waals surface area contributed by atoms with Crippen LogP contribution < -0.4 is 5.32 Å². The number of carbonyl (C=O) groups excluding carboxylic acids is 1. The highest BCUT2D eigenvalue weighted by atomic mass is 16.3. The molecule has 4 heteroatoms. The van der Waals surface area contributed by atoms with Crippen molar-refractivity contribution in [2.24, 2.45) is 0 Å². The number of furan rings is 1. The first-order valence-electron chi connectivity index (χ1n) is 10.5. The van der Waals surface area contributed by atoms with E-state index in [1.54, 1.807) is 0 Å². The second-order valence-corrected chi connectivity index (χ2v) is 7.70. The van der Waals surface area contributed by atoms with Gasteiger partial charge in [-0.25, -0.2) is 4.79 Å². The van der Waals surface area contributed by atoms with Gasteiger partial charge < -0.3 is 14.6 Å². The predicted octanol–water partition coefficient (Wildman–Crippen LogP) is 5.96. The lowest BCUT2D eigenvalue weighted by Crippen LogP contribution is -2.41. The summed E-state index contributed by atoms with van der Waals surface area (Å²) in [6.45, 7) is 2.41. The molecule has 1 heterocycles. The van der Waals surface area contributed by atoms with E-state index in [-0.39, 0.29) is 12.1 Å². The fraction of sp³-hybridized carbons (Fsp3) is 0.269. The van der Waals surface area contributed by atoms with Gasteiger partial charge in [0, 0.05) is 22.9 Å². The lowest BCUT2D eigenvalue weighted by molar-refractivity contribution is 0.178. The fourth-order valence-corrected chi connectivity index (χ4v) is 3.82. The van der Waals surface area contributed by atoms with Crippen LogP contribution in [0.15, 0.2) is 71.1 Å². The lowest BCUT2D eigenvalue weighted by Gasteiger charge is -2.28. The van der Waals surface area contributed by atoms with E-state index in [0.717, 1.165) is 41.2 Å². The molecule has 4 rings (SSSR count). The Bertz CT molecular complexity index is 1040. The van der Waals surface area contributed by atoms with E-state index in [2.05, 4.69) is 17.2 Å². The number of nitrogens with one attached hydrogen (secondary N) is 1. The zero-order valence-corrected chi connectivity index (χ0v) is 17.2. The zero-order chi connectivity index (χ0) is 20.8. The minimum absolute atomic E-state index is 0.0842. The molecular weight excluding hydrogens is 372 g/mol. The number of benzene rings is 2. The number of urea groups is 1. The van der Waals surface area contributed by atoms with Crippen molar-refractivity contribution < 1.29 is 9.21 Å². The Morgan fingerprint density at radius 3 is 2.27 bits per heavy atom. The Balaban J connectivity index is 1.43. The SMILES string of the molecule is Cc1ccc(CN(C(=O)Nc2ccc(C#Cc3ccccc3)cc2)C2CCCC2)o1. The largest absolute Gasteiger partial charge is 0.464 e. The first kappa shape index (κ1) is 19.8. The third-order valence-corrected chi connectivity index (χ3v) is 5.41. The maximum atomic E-state index is 13.1. The summed E-state index contributed by atoms with van der Waals surface area (Å²) in [5, 5.41) is 3.04. The number of anilines is 1. The van der Waals surface area contributed by atoms with Gasteiger partial charge in [-0.1, -0.05) is 42.9 Å². The Morgan fingerprint density at radius 1 is 0.967 bits per heavy atom. The molecule has 0 radical (unpaired) electrons. The smallest absolute Gasteiger partial charge is 0.322 e.